The average molecular weight is 472 g/mol. The number of carboxylic acid groups (broad SMARTS) is 2. The number of benzene rings is 2. The summed E-state index contributed by atoms with van der Waals surface area (Å²) in [4.78, 5) is 45.2. The van der Waals surface area contributed by atoms with Crippen molar-refractivity contribution in [3.05, 3.63) is 64.0 Å². The van der Waals surface area contributed by atoms with Gasteiger partial charge in [0.05, 0.1) is 12.2 Å². The lowest BCUT2D eigenvalue weighted by atomic mass is 9.86. The molecule has 1 aliphatic carbocycles. The molecule has 34 heavy (non-hydrogen) atoms. The lowest BCUT2D eigenvalue weighted by Gasteiger charge is -2.18. The number of rotatable bonds is 9. The highest BCUT2D eigenvalue weighted by Crippen LogP contribution is 2.30. The number of nitrogens with two attached hydrogens (primary N) is 1. The van der Waals surface area contributed by atoms with E-state index in [1.165, 1.54) is 36.4 Å². The zero-order valence-electron chi connectivity index (χ0n) is 18.5. The Bertz CT molecular complexity index is 1130. The van der Waals surface area contributed by atoms with Crippen LogP contribution in [0.25, 0.3) is 6.08 Å². The van der Waals surface area contributed by atoms with Gasteiger partial charge in [0.15, 0.2) is 11.6 Å². The fraction of sp³-hybridized carbons (Fsp3) is 0.250. The van der Waals surface area contributed by atoms with Gasteiger partial charge in [0.25, 0.3) is 6.47 Å². The standard InChI is InChI=1S/C23H23FN2O5.CH2O2/c1-26-19-11-15(24)9-14-10-18(21(28)12-17(14)19)20(27)7-13-3-4-16(23(29)30)22(8-13)31-6-2-5-25;2-1-3/h3-4,8-11,26H,2,5-7,12,25H2,1H3,(H,29,30);1H,(H,2,3). The van der Waals surface area contributed by atoms with E-state index < -0.39 is 17.6 Å². The smallest absolute Gasteiger partial charge is 0.339 e. The molecule has 0 heterocycles. The second-order valence-corrected chi connectivity index (χ2v) is 7.26. The number of fused-ring (bicyclic) bond motifs is 1. The summed E-state index contributed by atoms with van der Waals surface area (Å²) in [7, 11) is 1.64. The molecule has 1 aliphatic rings. The summed E-state index contributed by atoms with van der Waals surface area (Å²) in [5.74, 6) is -2.25. The Labute approximate surface area is 195 Å². The SMILES string of the molecule is CNc1cc(F)cc2c1CC(=O)C(C(=O)Cc1ccc(C(=O)O)c(OCCCN)c1)=C2.O=CO. The van der Waals surface area contributed by atoms with Crippen molar-refractivity contribution in [1.82, 2.24) is 0 Å². The van der Waals surface area contributed by atoms with E-state index in [-0.39, 0.29) is 48.6 Å². The van der Waals surface area contributed by atoms with Gasteiger partial charge in [-0.05, 0) is 60.0 Å². The predicted octanol–water partition coefficient (Wildman–Crippen LogP) is 2.31. The molecule has 0 radical (unpaired) electrons. The summed E-state index contributed by atoms with van der Waals surface area (Å²) in [5.41, 5.74) is 7.55. The number of halogens is 1. The monoisotopic (exact) mass is 472 g/mol. The molecule has 10 heteroatoms. The van der Waals surface area contributed by atoms with Gasteiger partial charge in [-0.2, -0.15) is 0 Å². The Morgan fingerprint density at radius 3 is 2.59 bits per heavy atom. The molecule has 0 saturated heterocycles. The van der Waals surface area contributed by atoms with Crippen LogP contribution in [0.1, 0.15) is 33.5 Å². The van der Waals surface area contributed by atoms with Gasteiger partial charge in [-0.3, -0.25) is 14.4 Å². The van der Waals surface area contributed by atoms with Crippen LogP contribution in [0.15, 0.2) is 35.9 Å². The number of aromatic carboxylic acids is 1. The molecule has 0 spiro atoms. The topological polar surface area (TPSA) is 156 Å². The molecule has 0 unspecified atom stereocenters. The molecule has 0 amide bonds. The van der Waals surface area contributed by atoms with E-state index in [1.54, 1.807) is 7.05 Å². The third-order valence-corrected chi connectivity index (χ3v) is 5.00. The maximum absolute atomic E-state index is 13.9. The molecule has 5 N–H and O–H groups in total. The van der Waals surface area contributed by atoms with Gasteiger partial charge in [0, 0.05) is 25.6 Å². The number of carbonyl (C=O) groups excluding carboxylic acids is 2. The van der Waals surface area contributed by atoms with Crippen molar-refractivity contribution in [2.45, 2.75) is 19.3 Å². The van der Waals surface area contributed by atoms with E-state index in [0.29, 0.717) is 35.3 Å². The number of ketones is 2. The van der Waals surface area contributed by atoms with Crippen LogP contribution in [0, 0.1) is 5.82 Å². The number of carboxylic acids is 1. The average Bonchev–Trinajstić information content (AvgIpc) is 2.79. The summed E-state index contributed by atoms with van der Waals surface area (Å²) in [6.07, 6.45) is 1.84. The van der Waals surface area contributed by atoms with Crippen LogP contribution in [0.3, 0.4) is 0 Å². The van der Waals surface area contributed by atoms with Gasteiger partial charge in [0.1, 0.15) is 17.1 Å². The van der Waals surface area contributed by atoms with E-state index in [4.69, 9.17) is 20.4 Å². The van der Waals surface area contributed by atoms with Crippen LogP contribution in [-0.2, 0) is 27.2 Å². The van der Waals surface area contributed by atoms with Gasteiger partial charge in [0.2, 0.25) is 0 Å². The second-order valence-electron chi connectivity index (χ2n) is 7.26. The summed E-state index contributed by atoms with van der Waals surface area (Å²) < 4.78 is 19.4. The summed E-state index contributed by atoms with van der Waals surface area (Å²) in [6, 6.07) is 6.96. The van der Waals surface area contributed by atoms with E-state index >= 15 is 0 Å². The number of carbonyl (C=O) groups is 4. The molecule has 0 bridgehead atoms. The van der Waals surface area contributed by atoms with Crippen LogP contribution in [-0.4, -0.2) is 54.4 Å². The van der Waals surface area contributed by atoms with Gasteiger partial charge >= 0.3 is 5.97 Å². The van der Waals surface area contributed by atoms with E-state index in [9.17, 15) is 23.9 Å². The Kier molecular flexibility index (Phi) is 9.45. The number of hydrogen-bond acceptors (Lipinski definition) is 7. The molecule has 2 aromatic rings. The molecule has 180 valence electrons. The Hall–Kier alpha value is -4.05. The largest absolute Gasteiger partial charge is 0.493 e. The van der Waals surface area contributed by atoms with Crippen LogP contribution < -0.4 is 15.8 Å². The first-order chi connectivity index (χ1) is 16.2. The van der Waals surface area contributed by atoms with Crippen molar-refractivity contribution in [3.8, 4) is 5.75 Å². The minimum atomic E-state index is -1.15. The van der Waals surface area contributed by atoms with Crippen molar-refractivity contribution in [3.63, 3.8) is 0 Å². The Morgan fingerprint density at radius 1 is 1.26 bits per heavy atom. The molecule has 0 saturated carbocycles. The maximum Gasteiger partial charge on any atom is 0.339 e. The minimum absolute atomic E-state index is 0.00520. The van der Waals surface area contributed by atoms with Crippen LogP contribution >= 0.6 is 0 Å². The highest BCUT2D eigenvalue weighted by atomic mass is 19.1. The third kappa shape index (κ3) is 6.48. The van der Waals surface area contributed by atoms with Gasteiger partial charge in [-0.25, -0.2) is 9.18 Å². The number of hydrogen-bond donors (Lipinski definition) is 4. The van der Waals surface area contributed by atoms with Crippen molar-refractivity contribution >= 4 is 35.8 Å². The molecule has 3 rings (SSSR count). The molecular formula is C24H25FN2O7. The normalized spacial score (nSPS) is 12.0. The minimum Gasteiger partial charge on any atom is -0.493 e. The fourth-order valence-electron chi connectivity index (χ4n) is 3.45. The Balaban J connectivity index is 0.00000129. The number of allylic oxidation sites excluding steroid dienone is 1. The highest BCUT2D eigenvalue weighted by Gasteiger charge is 2.26. The summed E-state index contributed by atoms with van der Waals surface area (Å²) >= 11 is 0. The van der Waals surface area contributed by atoms with Crippen LogP contribution in [0.2, 0.25) is 0 Å². The highest BCUT2D eigenvalue weighted by molar-refractivity contribution is 6.25. The first-order valence-corrected chi connectivity index (χ1v) is 10.3. The van der Waals surface area contributed by atoms with E-state index in [0.717, 1.165) is 0 Å². The zero-order valence-corrected chi connectivity index (χ0v) is 18.5. The molecule has 0 aromatic heterocycles. The van der Waals surface area contributed by atoms with Crippen molar-refractivity contribution in [2.75, 3.05) is 25.5 Å². The van der Waals surface area contributed by atoms with Crippen molar-refractivity contribution in [2.24, 2.45) is 5.73 Å². The van der Waals surface area contributed by atoms with E-state index in [2.05, 4.69) is 5.32 Å². The van der Waals surface area contributed by atoms with E-state index in [1.807, 2.05) is 0 Å². The first kappa shape index (κ1) is 26.2. The number of nitrogens with one attached hydrogen (secondary N) is 1. The van der Waals surface area contributed by atoms with Crippen LogP contribution in [0.5, 0.6) is 5.75 Å². The molecule has 0 atom stereocenters. The Morgan fingerprint density at radius 2 is 1.97 bits per heavy atom. The number of ether oxygens (including phenoxy) is 1. The lowest BCUT2D eigenvalue weighted by Crippen LogP contribution is -2.21. The second kappa shape index (κ2) is 12.3. The fourth-order valence-corrected chi connectivity index (χ4v) is 3.45. The third-order valence-electron chi connectivity index (χ3n) is 5.00. The van der Waals surface area contributed by atoms with Gasteiger partial charge < -0.3 is 26.0 Å². The van der Waals surface area contributed by atoms with Crippen LogP contribution in [0.4, 0.5) is 10.1 Å². The van der Waals surface area contributed by atoms with Gasteiger partial charge in [-0.1, -0.05) is 6.07 Å². The van der Waals surface area contributed by atoms with Gasteiger partial charge in [-0.15, -0.1) is 0 Å². The molecular weight excluding hydrogens is 447 g/mol. The number of Topliss-reactive ketones (excluding diaryl/α,β-unsaturated/α-hetero) is 2. The van der Waals surface area contributed by atoms with Crippen molar-refractivity contribution in [1.29, 1.82) is 0 Å². The lowest BCUT2D eigenvalue weighted by molar-refractivity contribution is -0.123. The molecule has 0 fully saturated rings. The maximum atomic E-state index is 13.9. The predicted molar refractivity (Wildman–Crippen MR) is 123 cm³/mol. The zero-order chi connectivity index (χ0) is 25.3. The van der Waals surface area contributed by atoms with Crippen molar-refractivity contribution < 1.29 is 38.5 Å². The summed E-state index contributed by atoms with van der Waals surface area (Å²) in [6.45, 7) is 0.391. The quantitative estimate of drug-likeness (QED) is 0.244. The first-order valence-electron chi connectivity index (χ1n) is 10.3. The molecule has 2 aromatic carbocycles. The number of anilines is 1. The molecule has 0 aliphatic heterocycles. The summed E-state index contributed by atoms with van der Waals surface area (Å²) in [5, 5.41) is 19.1. The molecule has 9 nitrogen and oxygen atoms in total.